The molecular weight excluding hydrogens is 168 g/mol. The molecule has 1 aromatic rings. The summed E-state index contributed by atoms with van der Waals surface area (Å²) in [5.41, 5.74) is 1.85. The fraction of sp³-hybridized carbons (Fsp3) is 0.300. The summed E-state index contributed by atoms with van der Waals surface area (Å²) in [7, 11) is 1.39. The molecule has 0 saturated carbocycles. The van der Waals surface area contributed by atoms with E-state index in [9.17, 15) is 4.79 Å². The molecule has 0 atom stereocenters. The predicted molar refractivity (Wildman–Crippen MR) is 47.0 cm³/mol. The third kappa shape index (κ3) is 1.37. The van der Waals surface area contributed by atoms with Crippen molar-refractivity contribution in [3.8, 4) is 0 Å². The van der Waals surface area contributed by atoms with Gasteiger partial charge in [0.1, 0.15) is 5.76 Å². The highest BCUT2D eigenvalue weighted by Gasteiger charge is 2.17. The molecular formula is C10H10O3. The van der Waals surface area contributed by atoms with Crippen LogP contribution in [-0.4, -0.2) is 13.1 Å². The minimum atomic E-state index is -0.262. The first-order valence-electron chi connectivity index (χ1n) is 4.16. The van der Waals surface area contributed by atoms with Crippen LogP contribution in [-0.2, 0) is 16.0 Å². The summed E-state index contributed by atoms with van der Waals surface area (Å²) >= 11 is 0. The Labute approximate surface area is 76.0 Å². The molecule has 0 saturated heterocycles. The van der Waals surface area contributed by atoms with Crippen molar-refractivity contribution in [2.45, 2.75) is 12.8 Å². The summed E-state index contributed by atoms with van der Waals surface area (Å²) < 4.78 is 9.83. The highest BCUT2D eigenvalue weighted by Crippen LogP contribution is 2.24. The summed E-state index contributed by atoms with van der Waals surface area (Å²) in [6, 6.07) is 1.93. The summed E-state index contributed by atoms with van der Waals surface area (Å²) in [5.74, 6) is 0.522. The largest absolute Gasteiger partial charge is 0.466 e. The zero-order valence-corrected chi connectivity index (χ0v) is 7.37. The van der Waals surface area contributed by atoms with Crippen molar-refractivity contribution >= 4 is 12.0 Å². The number of methoxy groups -OCH3 is 1. The minimum absolute atomic E-state index is 0.262. The molecule has 2 rings (SSSR count). The Morgan fingerprint density at radius 3 is 3.15 bits per heavy atom. The molecule has 0 aliphatic heterocycles. The first kappa shape index (κ1) is 8.10. The third-order valence-corrected chi connectivity index (χ3v) is 2.20. The van der Waals surface area contributed by atoms with E-state index in [-0.39, 0.29) is 5.97 Å². The number of carbonyl (C=O) groups is 1. The number of fused-ring (bicyclic) bond motifs is 1. The second-order valence-corrected chi connectivity index (χ2v) is 2.97. The van der Waals surface area contributed by atoms with Crippen LogP contribution in [0.1, 0.15) is 17.7 Å². The molecule has 1 aromatic heterocycles. The first-order chi connectivity index (χ1) is 6.31. The van der Waals surface area contributed by atoms with Gasteiger partial charge in [0.05, 0.1) is 13.4 Å². The van der Waals surface area contributed by atoms with Crippen LogP contribution in [0.3, 0.4) is 0 Å². The molecule has 1 aliphatic carbocycles. The number of hydrogen-bond donors (Lipinski definition) is 0. The van der Waals surface area contributed by atoms with Gasteiger partial charge in [0.15, 0.2) is 0 Å². The standard InChI is InChI=1S/C10H10O3/c1-12-10(11)8-3-2-7-4-5-13-9(7)6-8/h4-6H,2-3H2,1H3. The summed E-state index contributed by atoms with van der Waals surface area (Å²) in [5, 5.41) is 0. The number of carbonyl (C=O) groups excluding carboxylic acids is 1. The van der Waals surface area contributed by atoms with Gasteiger partial charge in [-0.25, -0.2) is 4.79 Å². The lowest BCUT2D eigenvalue weighted by Gasteiger charge is -2.09. The Bertz CT molecular complexity index is 360. The van der Waals surface area contributed by atoms with Gasteiger partial charge >= 0.3 is 5.97 Å². The van der Waals surface area contributed by atoms with E-state index in [2.05, 4.69) is 4.74 Å². The van der Waals surface area contributed by atoms with Crippen molar-refractivity contribution in [3.63, 3.8) is 0 Å². The van der Waals surface area contributed by atoms with Gasteiger partial charge < -0.3 is 9.15 Å². The van der Waals surface area contributed by atoms with Crippen LogP contribution in [0.2, 0.25) is 0 Å². The Hall–Kier alpha value is -1.51. The van der Waals surface area contributed by atoms with E-state index >= 15 is 0 Å². The number of hydrogen-bond acceptors (Lipinski definition) is 3. The second kappa shape index (κ2) is 3.09. The Morgan fingerprint density at radius 1 is 1.54 bits per heavy atom. The SMILES string of the molecule is COC(=O)C1=Cc2occc2CC1. The van der Waals surface area contributed by atoms with Gasteiger partial charge in [-0.1, -0.05) is 0 Å². The fourth-order valence-corrected chi connectivity index (χ4v) is 1.47. The van der Waals surface area contributed by atoms with Crippen LogP contribution in [0, 0.1) is 0 Å². The molecule has 1 aliphatic rings. The van der Waals surface area contributed by atoms with Gasteiger partial charge in [-0.15, -0.1) is 0 Å². The van der Waals surface area contributed by atoms with Crippen molar-refractivity contribution in [2.24, 2.45) is 0 Å². The van der Waals surface area contributed by atoms with Crippen LogP contribution < -0.4 is 0 Å². The summed E-state index contributed by atoms with van der Waals surface area (Å²) in [6.45, 7) is 0. The van der Waals surface area contributed by atoms with Crippen LogP contribution in [0.25, 0.3) is 6.08 Å². The molecule has 1 heterocycles. The van der Waals surface area contributed by atoms with Crippen molar-refractivity contribution in [3.05, 3.63) is 29.2 Å². The molecule has 0 spiro atoms. The van der Waals surface area contributed by atoms with Gasteiger partial charge in [-0.2, -0.15) is 0 Å². The minimum Gasteiger partial charge on any atom is -0.466 e. The quantitative estimate of drug-likeness (QED) is 0.615. The van der Waals surface area contributed by atoms with E-state index in [1.807, 2.05) is 6.07 Å². The topological polar surface area (TPSA) is 39.4 Å². The Kier molecular flexibility index (Phi) is 1.93. The lowest BCUT2D eigenvalue weighted by atomic mass is 9.98. The molecule has 3 nitrogen and oxygen atoms in total. The fourth-order valence-electron chi connectivity index (χ4n) is 1.47. The highest BCUT2D eigenvalue weighted by atomic mass is 16.5. The third-order valence-electron chi connectivity index (χ3n) is 2.20. The molecule has 13 heavy (non-hydrogen) atoms. The Morgan fingerprint density at radius 2 is 2.38 bits per heavy atom. The monoisotopic (exact) mass is 178 g/mol. The smallest absolute Gasteiger partial charge is 0.333 e. The van der Waals surface area contributed by atoms with Crippen molar-refractivity contribution in [1.29, 1.82) is 0 Å². The molecule has 3 heteroatoms. The normalized spacial score (nSPS) is 14.7. The number of rotatable bonds is 1. The van der Waals surface area contributed by atoms with E-state index in [1.165, 1.54) is 7.11 Å². The number of aryl methyl sites for hydroxylation is 1. The molecule has 68 valence electrons. The van der Waals surface area contributed by atoms with Gasteiger partial charge in [0.25, 0.3) is 0 Å². The second-order valence-electron chi connectivity index (χ2n) is 2.97. The lowest BCUT2D eigenvalue weighted by molar-refractivity contribution is -0.136. The van der Waals surface area contributed by atoms with E-state index in [0.29, 0.717) is 5.57 Å². The van der Waals surface area contributed by atoms with Crippen LogP contribution in [0.5, 0.6) is 0 Å². The summed E-state index contributed by atoms with van der Waals surface area (Å²) in [4.78, 5) is 11.2. The van der Waals surface area contributed by atoms with Gasteiger partial charge in [0.2, 0.25) is 0 Å². The number of furan rings is 1. The van der Waals surface area contributed by atoms with Crippen LogP contribution in [0.4, 0.5) is 0 Å². The molecule has 0 fully saturated rings. The van der Waals surface area contributed by atoms with E-state index in [1.54, 1.807) is 12.3 Å². The average Bonchev–Trinajstić information content (AvgIpc) is 2.63. The van der Waals surface area contributed by atoms with Crippen LogP contribution in [0.15, 0.2) is 22.3 Å². The molecule has 0 bridgehead atoms. The first-order valence-corrected chi connectivity index (χ1v) is 4.16. The molecule has 0 unspecified atom stereocenters. The van der Waals surface area contributed by atoms with Crippen LogP contribution >= 0.6 is 0 Å². The highest BCUT2D eigenvalue weighted by molar-refractivity contribution is 5.94. The molecule has 0 radical (unpaired) electrons. The van der Waals surface area contributed by atoms with E-state index < -0.39 is 0 Å². The predicted octanol–water partition coefficient (Wildman–Crippen LogP) is 1.78. The maximum absolute atomic E-state index is 11.2. The molecule has 0 N–H and O–H groups in total. The van der Waals surface area contributed by atoms with Crippen molar-refractivity contribution in [1.82, 2.24) is 0 Å². The average molecular weight is 178 g/mol. The van der Waals surface area contributed by atoms with Gasteiger partial charge in [-0.05, 0) is 30.5 Å². The Balaban J connectivity index is 2.32. The van der Waals surface area contributed by atoms with Crippen molar-refractivity contribution in [2.75, 3.05) is 7.11 Å². The maximum atomic E-state index is 11.2. The lowest BCUT2D eigenvalue weighted by Crippen LogP contribution is -2.08. The number of esters is 1. The maximum Gasteiger partial charge on any atom is 0.333 e. The zero-order chi connectivity index (χ0) is 9.26. The zero-order valence-electron chi connectivity index (χ0n) is 7.37. The van der Waals surface area contributed by atoms with Gasteiger partial charge in [0, 0.05) is 5.57 Å². The number of ether oxygens (including phenoxy) is 1. The van der Waals surface area contributed by atoms with Crippen molar-refractivity contribution < 1.29 is 13.9 Å². The van der Waals surface area contributed by atoms with E-state index in [0.717, 1.165) is 24.2 Å². The van der Waals surface area contributed by atoms with E-state index in [4.69, 9.17) is 4.42 Å². The molecule has 0 aromatic carbocycles. The summed E-state index contributed by atoms with van der Waals surface area (Å²) in [6.07, 6.45) is 4.98. The van der Waals surface area contributed by atoms with Gasteiger partial charge in [-0.3, -0.25) is 0 Å². The molecule has 0 amide bonds.